The molecule has 1 amide bonds. The van der Waals surface area contributed by atoms with Crippen molar-refractivity contribution < 1.29 is 22.7 Å². The Morgan fingerprint density at radius 2 is 1.83 bits per heavy atom. The van der Waals surface area contributed by atoms with Crippen LogP contribution in [0.4, 0.5) is 4.79 Å². The fraction of sp³-hybridized carbons (Fsp3) is 0.200. The Balaban J connectivity index is 3.42. The lowest BCUT2D eigenvalue weighted by Gasteiger charge is -2.15. The molecule has 0 N–H and O–H groups in total. The van der Waals surface area contributed by atoms with Gasteiger partial charge in [-0.3, -0.25) is 4.79 Å². The van der Waals surface area contributed by atoms with Crippen molar-refractivity contribution in [2.45, 2.75) is 4.90 Å². The van der Waals surface area contributed by atoms with Gasteiger partial charge in [0.25, 0.3) is 10.0 Å². The molecule has 1 rings (SSSR count). The molecule has 1 aromatic carbocycles. The molecule has 0 radical (unpaired) electrons. The lowest BCUT2D eigenvalue weighted by atomic mass is 10.2. The molecule has 0 saturated carbocycles. The molecule has 0 atom stereocenters. The van der Waals surface area contributed by atoms with Gasteiger partial charge in [0.1, 0.15) is 4.90 Å². The van der Waals surface area contributed by atoms with Crippen LogP contribution in [0.3, 0.4) is 0 Å². The minimum Gasteiger partial charge on any atom is -0.465 e. The molecule has 0 saturated heterocycles. The van der Waals surface area contributed by atoms with Crippen LogP contribution < -0.4 is 0 Å². The standard InChI is InChI=1S/C10H10ClNO5S/c1-12(10(11)14)18(15,16)8-6-4-3-5-7(8)9(13)17-2/h3-6H,1-2H3. The van der Waals surface area contributed by atoms with Gasteiger partial charge in [0, 0.05) is 7.05 Å². The average Bonchev–Trinajstić information content (AvgIpc) is 2.36. The first-order valence-corrected chi connectivity index (χ1v) is 6.50. The van der Waals surface area contributed by atoms with Gasteiger partial charge >= 0.3 is 11.3 Å². The summed E-state index contributed by atoms with van der Waals surface area (Å²) in [5.41, 5.74) is -0.162. The highest BCUT2D eigenvalue weighted by Crippen LogP contribution is 2.20. The van der Waals surface area contributed by atoms with Crippen LogP contribution in [0.25, 0.3) is 0 Å². The maximum Gasteiger partial charge on any atom is 0.339 e. The topological polar surface area (TPSA) is 80.8 Å². The SMILES string of the molecule is COC(=O)c1ccccc1S(=O)(=O)N(C)C(=O)Cl. The summed E-state index contributed by atoms with van der Waals surface area (Å²) in [6.45, 7) is 0. The smallest absolute Gasteiger partial charge is 0.339 e. The van der Waals surface area contributed by atoms with Crippen LogP contribution in [-0.4, -0.2) is 38.2 Å². The molecular formula is C10H10ClNO5S. The summed E-state index contributed by atoms with van der Waals surface area (Å²) in [6.07, 6.45) is 0. The lowest BCUT2D eigenvalue weighted by Crippen LogP contribution is -2.30. The number of nitrogens with zero attached hydrogens (tertiary/aromatic N) is 1. The second-order valence-corrected chi connectivity index (χ2v) is 5.47. The van der Waals surface area contributed by atoms with E-state index in [1.807, 2.05) is 0 Å². The van der Waals surface area contributed by atoms with E-state index in [-0.39, 0.29) is 10.5 Å². The van der Waals surface area contributed by atoms with Crippen LogP contribution in [-0.2, 0) is 14.8 Å². The fourth-order valence-electron chi connectivity index (χ4n) is 1.21. The first-order chi connectivity index (χ1) is 8.32. The number of carbonyl (C=O) groups is 2. The Bertz CT molecular complexity index is 584. The van der Waals surface area contributed by atoms with Gasteiger partial charge in [0.2, 0.25) is 0 Å². The first-order valence-electron chi connectivity index (χ1n) is 4.68. The summed E-state index contributed by atoms with van der Waals surface area (Å²) in [7, 11) is -2.05. The van der Waals surface area contributed by atoms with Crippen molar-refractivity contribution in [1.82, 2.24) is 4.31 Å². The van der Waals surface area contributed by atoms with Crippen molar-refractivity contribution >= 4 is 33.0 Å². The van der Waals surface area contributed by atoms with Crippen LogP contribution in [0, 0.1) is 0 Å². The Morgan fingerprint density at radius 1 is 1.28 bits per heavy atom. The zero-order valence-electron chi connectivity index (χ0n) is 9.58. The number of halogens is 1. The zero-order chi connectivity index (χ0) is 13.9. The maximum absolute atomic E-state index is 12.0. The Labute approximate surface area is 109 Å². The average molecular weight is 292 g/mol. The predicted molar refractivity (Wildman–Crippen MR) is 64.0 cm³/mol. The van der Waals surface area contributed by atoms with E-state index in [0.717, 1.165) is 14.2 Å². The molecule has 18 heavy (non-hydrogen) atoms. The van der Waals surface area contributed by atoms with E-state index in [1.54, 1.807) is 0 Å². The summed E-state index contributed by atoms with van der Waals surface area (Å²) >= 11 is 5.12. The molecular weight excluding hydrogens is 282 g/mol. The molecule has 98 valence electrons. The highest BCUT2D eigenvalue weighted by atomic mass is 35.5. The van der Waals surface area contributed by atoms with E-state index in [4.69, 9.17) is 11.6 Å². The highest BCUT2D eigenvalue weighted by molar-refractivity contribution is 7.89. The third kappa shape index (κ3) is 2.62. The van der Waals surface area contributed by atoms with E-state index in [9.17, 15) is 18.0 Å². The highest BCUT2D eigenvalue weighted by Gasteiger charge is 2.29. The van der Waals surface area contributed by atoms with E-state index in [1.165, 1.54) is 24.3 Å². The van der Waals surface area contributed by atoms with Crippen LogP contribution >= 0.6 is 11.6 Å². The summed E-state index contributed by atoms with van der Waals surface area (Å²) in [5.74, 6) is -0.815. The number of esters is 1. The van der Waals surface area contributed by atoms with Crippen molar-refractivity contribution in [2.24, 2.45) is 0 Å². The van der Waals surface area contributed by atoms with Crippen LogP contribution in [0.1, 0.15) is 10.4 Å². The number of benzene rings is 1. The minimum atomic E-state index is -4.17. The number of amides is 1. The molecule has 0 aliphatic carbocycles. The zero-order valence-corrected chi connectivity index (χ0v) is 11.2. The van der Waals surface area contributed by atoms with Gasteiger partial charge in [-0.1, -0.05) is 12.1 Å². The summed E-state index contributed by atoms with van der Waals surface area (Å²) in [5, 5.41) is -1.17. The van der Waals surface area contributed by atoms with Crippen molar-refractivity contribution in [3.63, 3.8) is 0 Å². The maximum atomic E-state index is 12.0. The summed E-state index contributed by atoms with van der Waals surface area (Å²) in [4.78, 5) is 22.0. The number of methoxy groups -OCH3 is 1. The monoisotopic (exact) mass is 291 g/mol. The molecule has 0 fully saturated rings. The van der Waals surface area contributed by atoms with Crippen molar-refractivity contribution in [3.8, 4) is 0 Å². The quantitative estimate of drug-likeness (QED) is 0.478. The molecule has 6 nitrogen and oxygen atoms in total. The van der Waals surface area contributed by atoms with Gasteiger partial charge in [-0.2, -0.15) is 0 Å². The van der Waals surface area contributed by atoms with Crippen LogP contribution in [0.15, 0.2) is 29.2 Å². The number of carbonyl (C=O) groups excluding carboxylic acids is 2. The second-order valence-electron chi connectivity index (χ2n) is 3.21. The van der Waals surface area contributed by atoms with Gasteiger partial charge in [0.05, 0.1) is 12.7 Å². The van der Waals surface area contributed by atoms with E-state index in [0.29, 0.717) is 4.31 Å². The number of rotatable bonds is 3. The predicted octanol–water partition coefficient (Wildman–Crippen LogP) is 1.45. The number of hydrogen-bond donors (Lipinski definition) is 0. The minimum absolute atomic E-state index is 0.162. The fourth-order valence-corrected chi connectivity index (χ4v) is 2.65. The molecule has 0 unspecified atom stereocenters. The largest absolute Gasteiger partial charge is 0.465 e. The Hall–Kier alpha value is -1.60. The number of ether oxygens (including phenoxy) is 1. The first kappa shape index (κ1) is 14.5. The summed E-state index contributed by atoms with van der Waals surface area (Å²) in [6, 6.07) is 5.38. The van der Waals surface area contributed by atoms with Crippen molar-refractivity contribution in [3.05, 3.63) is 29.8 Å². The van der Waals surface area contributed by atoms with Crippen LogP contribution in [0.2, 0.25) is 0 Å². The molecule has 1 aromatic rings. The normalized spacial score (nSPS) is 10.8. The van der Waals surface area contributed by atoms with Gasteiger partial charge in [-0.25, -0.2) is 17.5 Å². The number of hydrogen-bond acceptors (Lipinski definition) is 5. The second kappa shape index (κ2) is 5.36. The molecule has 8 heteroatoms. The van der Waals surface area contributed by atoms with E-state index >= 15 is 0 Å². The van der Waals surface area contributed by atoms with E-state index in [2.05, 4.69) is 4.74 Å². The Kier molecular flexibility index (Phi) is 4.31. The van der Waals surface area contributed by atoms with Gasteiger partial charge in [-0.05, 0) is 23.7 Å². The molecule has 0 bridgehead atoms. The van der Waals surface area contributed by atoms with Gasteiger partial charge in [-0.15, -0.1) is 0 Å². The molecule has 0 aromatic heterocycles. The summed E-state index contributed by atoms with van der Waals surface area (Å²) < 4.78 is 28.9. The third-order valence-corrected chi connectivity index (χ3v) is 4.33. The molecule has 0 aliphatic rings. The number of sulfonamides is 1. The van der Waals surface area contributed by atoms with Crippen molar-refractivity contribution in [2.75, 3.05) is 14.2 Å². The van der Waals surface area contributed by atoms with Gasteiger partial charge in [0.15, 0.2) is 0 Å². The lowest BCUT2D eigenvalue weighted by molar-refractivity contribution is 0.0596. The molecule has 0 spiro atoms. The van der Waals surface area contributed by atoms with Gasteiger partial charge < -0.3 is 4.74 Å². The third-order valence-electron chi connectivity index (χ3n) is 2.18. The van der Waals surface area contributed by atoms with E-state index < -0.39 is 21.4 Å². The van der Waals surface area contributed by atoms with Crippen molar-refractivity contribution in [1.29, 1.82) is 0 Å². The Morgan fingerprint density at radius 3 is 2.33 bits per heavy atom. The molecule has 0 aliphatic heterocycles. The molecule has 0 heterocycles. The van der Waals surface area contributed by atoms with Crippen LogP contribution in [0.5, 0.6) is 0 Å².